The Labute approximate surface area is 131 Å². The topological polar surface area (TPSA) is 87.0 Å². The number of benzene rings is 1. The monoisotopic (exact) mass is 306 g/mol. The molecule has 1 aliphatic rings. The van der Waals surface area contributed by atoms with Crippen LogP contribution in [0.1, 0.15) is 46.1 Å². The average Bonchev–Trinajstić information content (AvgIpc) is 3.18. The fourth-order valence-electron chi connectivity index (χ4n) is 2.21. The highest BCUT2D eigenvalue weighted by molar-refractivity contribution is 6.60. The maximum Gasteiger partial charge on any atom is 0.491 e. The molecule has 6 heteroatoms. The molecule has 0 unspecified atom stereocenters. The van der Waals surface area contributed by atoms with Gasteiger partial charge in [0.1, 0.15) is 0 Å². The molecule has 0 spiro atoms. The Hall–Kier alpha value is -1.37. The van der Waals surface area contributed by atoms with Crippen molar-refractivity contribution in [2.75, 3.05) is 0 Å². The second-order valence-electron chi connectivity index (χ2n) is 7.05. The third-order valence-corrected chi connectivity index (χ3v) is 4.79. The SMILES string of the molecule is CC(C)(O)C(C)(C)OB(O)c1ccc(C2(C(=O)O)CC2)cc1. The Morgan fingerprint density at radius 2 is 1.68 bits per heavy atom. The van der Waals surface area contributed by atoms with Gasteiger partial charge in [0.25, 0.3) is 0 Å². The lowest BCUT2D eigenvalue weighted by atomic mass is 9.76. The molecule has 2 rings (SSSR count). The van der Waals surface area contributed by atoms with Gasteiger partial charge in [-0.05, 0) is 51.6 Å². The van der Waals surface area contributed by atoms with E-state index in [1.165, 1.54) is 0 Å². The van der Waals surface area contributed by atoms with Crippen molar-refractivity contribution >= 4 is 18.6 Å². The minimum Gasteiger partial charge on any atom is -0.481 e. The number of carboxylic acid groups (broad SMARTS) is 1. The molecule has 1 aromatic rings. The predicted octanol–water partition coefficient (Wildman–Crippen LogP) is 1.06. The summed E-state index contributed by atoms with van der Waals surface area (Å²) in [5, 5.41) is 29.5. The van der Waals surface area contributed by atoms with Crippen molar-refractivity contribution in [3.8, 4) is 0 Å². The third kappa shape index (κ3) is 3.04. The van der Waals surface area contributed by atoms with Crippen LogP contribution in [0.5, 0.6) is 0 Å². The maximum atomic E-state index is 11.3. The summed E-state index contributed by atoms with van der Waals surface area (Å²) in [7, 11) is -1.18. The van der Waals surface area contributed by atoms with Crippen LogP contribution in [0.4, 0.5) is 0 Å². The van der Waals surface area contributed by atoms with Crippen molar-refractivity contribution in [3.63, 3.8) is 0 Å². The third-order valence-electron chi connectivity index (χ3n) is 4.79. The molecule has 120 valence electrons. The normalized spacial score (nSPS) is 17.2. The average molecular weight is 306 g/mol. The Balaban J connectivity index is 2.13. The Morgan fingerprint density at radius 1 is 1.18 bits per heavy atom. The predicted molar refractivity (Wildman–Crippen MR) is 84.1 cm³/mol. The van der Waals surface area contributed by atoms with Gasteiger partial charge < -0.3 is 19.9 Å². The zero-order valence-electron chi connectivity index (χ0n) is 13.5. The van der Waals surface area contributed by atoms with Crippen molar-refractivity contribution in [3.05, 3.63) is 29.8 Å². The lowest BCUT2D eigenvalue weighted by molar-refractivity contribution is -0.140. The van der Waals surface area contributed by atoms with Crippen LogP contribution in [0.3, 0.4) is 0 Å². The summed E-state index contributed by atoms with van der Waals surface area (Å²) in [4.78, 5) is 11.3. The molecule has 0 saturated heterocycles. The summed E-state index contributed by atoms with van der Waals surface area (Å²) in [5.74, 6) is -0.805. The van der Waals surface area contributed by atoms with Crippen LogP contribution in [0.2, 0.25) is 0 Å². The van der Waals surface area contributed by atoms with Crippen LogP contribution in [0, 0.1) is 0 Å². The van der Waals surface area contributed by atoms with Gasteiger partial charge in [-0.1, -0.05) is 24.3 Å². The van der Waals surface area contributed by atoms with Gasteiger partial charge in [0.15, 0.2) is 0 Å². The minimum atomic E-state index is -1.18. The molecule has 1 aromatic carbocycles. The lowest BCUT2D eigenvalue weighted by Gasteiger charge is -2.38. The Bertz CT molecular complexity index is 555. The van der Waals surface area contributed by atoms with Gasteiger partial charge in [-0.3, -0.25) is 4.79 Å². The molecule has 0 bridgehead atoms. The molecule has 0 aliphatic heterocycles. The van der Waals surface area contributed by atoms with E-state index in [0.717, 1.165) is 5.56 Å². The fourth-order valence-corrected chi connectivity index (χ4v) is 2.21. The summed E-state index contributed by atoms with van der Waals surface area (Å²) in [6.45, 7) is 6.64. The van der Waals surface area contributed by atoms with E-state index in [1.54, 1.807) is 52.0 Å². The highest BCUT2D eigenvalue weighted by atomic mass is 16.5. The maximum absolute atomic E-state index is 11.3. The molecule has 0 aromatic heterocycles. The number of hydrogen-bond donors (Lipinski definition) is 3. The van der Waals surface area contributed by atoms with Gasteiger partial charge >= 0.3 is 13.1 Å². The quantitative estimate of drug-likeness (QED) is 0.684. The van der Waals surface area contributed by atoms with Crippen LogP contribution in [-0.2, 0) is 14.9 Å². The Morgan fingerprint density at radius 3 is 2.05 bits per heavy atom. The lowest BCUT2D eigenvalue weighted by Crippen LogP contribution is -2.53. The van der Waals surface area contributed by atoms with E-state index in [-0.39, 0.29) is 0 Å². The van der Waals surface area contributed by atoms with E-state index >= 15 is 0 Å². The van der Waals surface area contributed by atoms with E-state index in [1.807, 2.05) is 0 Å². The van der Waals surface area contributed by atoms with Gasteiger partial charge in [-0.2, -0.15) is 0 Å². The minimum absolute atomic E-state index is 0.530. The molecule has 22 heavy (non-hydrogen) atoms. The van der Waals surface area contributed by atoms with E-state index in [4.69, 9.17) is 4.65 Å². The molecule has 5 nitrogen and oxygen atoms in total. The first kappa shape index (κ1) is 17.0. The molecule has 1 aliphatic carbocycles. The van der Waals surface area contributed by atoms with Gasteiger partial charge in [0.2, 0.25) is 0 Å². The molecule has 0 heterocycles. The van der Waals surface area contributed by atoms with E-state index in [0.29, 0.717) is 18.3 Å². The van der Waals surface area contributed by atoms with Crippen molar-refractivity contribution in [1.82, 2.24) is 0 Å². The van der Waals surface area contributed by atoms with E-state index in [2.05, 4.69) is 0 Å². The molecule has 1 fully saturated rings. The molecule has 0 atom stereocenters. The standard InChI is InChI=1S/C16H23BO5/c1-14(2,20)15(3,4)22-17(21)12-7-5-11(6-8-12)16(9-10-16)13(18)19/h5-8,20-21H,9-10H2,1-4H3,(H,18,19). The second kappa shape index (κ2) is 5.37. The molecule has 0 radical (unpaired) electrons. The highest BCUT2D eigenvalue weighted by Gasteiger charge is 2.51. The van der Waals surface area contributed by atoms with Crippen molar-refractivity contribution < 1.29 is 24.7 Å². The zero-order valence-corrected chi connectivity index (χ0v) is 13.5. The summed E-state index contributed by atoms with van der Waals surface area (Å²) < 4.78 is 5.57. The Kier molecular flexibility index (Phi) is 4.15. The van der Waals surface area contributed by atoms with Crippen molar-refractivity contribution in [1.29, 1.82) is 0 Å². The molecular formula is C16H23BO5. The molecule has 1 saturated carbocycles. The summed E-state index contributed by atoms with van der Waals surface area (Å²) in [6.07, 6.45) is 1.29. The first-order valence-corrected chi connectivity index (χ1v) is 7.42. The molecule has 0 amide bonds. The number of carbonyl (C=O) groups is 1. The summed E-state index contributed by atoms with van der Waals surface area (Å²) in [6, 6.07) is 6.78. The fraction of sp³-hybridized carbons (Fsp3) is 0.562. The van der Waals surface area contributed by atoms with Crippen molar-refractivity contribution in [2.45, 2.75) is 57.2 Å². The molecular weight excluding hydrogens is 283 g/mol. The van der Waals surface area contributed by atoms with Crippen molar-refractivity contribution in [2.24, 2.45) is 0 Å². The summed E-state index contributed by atoms with van der Waals surface area (Å²) in [5.41, 5.74) is -1.53. The first-order valence-electron chi connectivity index (χ1n) is 7.42. The first-order chi connectivity index (χ1) is 9.99. The summed E-state index contributed by atoms with van der Waals surface area (Å²) >= 11 is 0. The van der Waals surface area contributed by atoms with E-state index < -0.39 is 29.7 Å². The van der Waals surface area contributed by atoms with Crippen LogP contribution >= 0.6 is 0 Å². The number of rotatable bonds is 6. The van der Waals surface area contributed by atoms with Gasteiger partial charge in [0.05, 0.1) is 16.6 Å². The second-order valence-corrected chi connectivity index (χ2v) is 7.05. The zero-order chi connectivity index (χ0) is 16.8. The van der Waals surface area contributed by atoms with E-state index in [9.17, 15) is 20.0 Å². The van der Waals surface area contributed by atoms with Crippen LogP contribution in [0.25, 0.3) is 0 Å². The van der Waals surface area contributed by atoms with Gasteiger partial charge in [0, 0.05) is 0 Å². The van der Waals surface area contributed by atoms with Crippen LogP contribution in [-0.4, -0.2) is 39.5 Å². The number of carboxylic acids is 1. The number of aliphatic hydroxyl groups is 1. The largest absolute Gasteiger partial charge is 0.491 e. The van der Waals surface area contributed by atoms with Crippen LogP contribution in [0.15, 0.2) is 24.3 Å². The van der Waals surface area contributed by atoms with Crippen LogP contribution < -0.4 is 5.46 Å². The number of aliphatic carboxylic acids is 1. The highest BCUT2D eigenvalue weighted by Crippen LogP contribution is 2.48. The number of hydrogen-bond acceptors (Lipinski definition) is 4. The van der Waals surface area contributed by atoms with Gasteiger partial charge in [-0.15, -0.1) is 0 Å². The van der Waals surface area contributed by atoms with Gasteiger partial charge in [-0.25, -0.2) is 0 Å². The smallest absolute Gasteiger partial charge is 0.481 e. The molecule has 3 N–H and O–H groups in total.